The highest BCUT2D eigenvalue weighted by Crippen LogP contribution is 2.21. The van der Waals surface area contributed by atoms with E-state index < -0.39 is 11.9 Å². The molecule has 33 heavy (non-hydrogen) atoms. The van der Waals surface area contributed by atoms with E-state index in [1.807, 2.05) is 60.7 Å². The second kappa shape index (κ2) is 11.5. The van der Waals surface area contributed by atoms with Gasteiger partial charge in [0.1, 0.15) is 0 Å². The quantitative estimate of drug-likeness (QED) is 0.448. The van der Waals surface area contributed by atoms with E-state index in [4.69, 9.17) is 15.2 Å². The Morgan fingerprint density at radius 3 is 2.33 bits per heavy atom. The zero-order valence-corrected chi connectivity index (χ0v) is 18.3. The number of benzene rings is 2. The third-order valence-electron chi connectivity index (χ3n) is 4.72. The third-order valence-corrected chi connectivity index (χ3v) is 4.72. The van der Waals surface area contributed by atoms with Crippen molar-refractivity contribution in [1.29, 1.82) is 0 Å². The summed E-state index contributed by atoms with van der Waals surface area (Å²) in [5, 5.41) is 4.28. The van der Waals surface area contributed by atoms with E-state index in [9.17, 15) is 14.4 Å². The van der Waals surface area contributed by atoms with E-state index in [0.29, 0.717) is 6.54 Å². The van der Waals surface area contributed by atoms with E-state index in [1.54, 1.807) is 6.92 Å². The number of carbonyl (C=O) groups is 3. The highest BCUT2D eigenvalue weighted by atomic mass is 16.5. The lowest BCUT2D eigenvalue weighted by atomic mass is 10.2. The minimum Gasteiger partial charge on any atom is -0.480 e. The standard InChI is InChI=1S/C24H26N4O5/c1-2-32-24(31)23-20(16-28(26-23)19-11-7-4-8-12-19)33-17-22(30)27(14-13-21(25)29)15-18-9-5-3-6-10-18/h3-12,16H,2,13-15,17H2,1H3,(H2,25,29). The maximum atomic E-state index is 12.9. The van der Waals surface area contributed by atoms with Crippen molar-refractivity contribution in [1.82, 2.24) is 14.7 Å². The first kappa shape index (κ1) is 23.5. The van der Waals surface area contributed by atoms with Gasteiger partial charge in [-0.25, -0.2) is 9.48 Å². The number of para-hydroxylation sites is 1. The molecule has 0 unspecified atom stereocenters. The van der Waals surface area contributed by atoms with Gasteiger partial charge in [0.2, 0.25) is 11.6 Å². The minimum atomic E-state index is -0.649. The number of aromatic nitrogens is 2. The fourth-order valence-corrected chi connectivity index (χ4v) is 3.09. The molecule has 0 bridgehead atoms. The maximum Gasteiger partial charge on any atom is 0.362 e. The average Bonchev–Trinajstić information content (AvgIpc) is 3.26. The number of hydrogen-bond donors (Lipinski definition) is 1. The van der Waals surface area contributed by atoms with Gasteiger partial charge in [0, 0.05) is 19.5 Å². The number of nitrogens with zero attached hydrogens (tertiary/aromatic N) is 3. The highest BCUT2D eigenvalue weighted by Gasteiger charge is 2.22. The summed E-state index contributed by atoms with van der Waals surface area (Å²) >= 11 is 0. The molecule has 9 heteroatoms. The largest absolute Gasteiger partial charge is 0.480 e. The van der Waals surface area contributed by atoms with E-state index in [2.05, 4.69) is 5.10 Å². The van der Waals surface area contributed by atoms with Crippen LogP contribution >= 0.6 is 0 Å². The lowest BCUT2D eigenvalue weighted by molar-refractivity contribution is -0.134. The van der Waals surface area contributed by atoms with Crippen LogP contribution in [0, 0.1) is 0 Å². The molecule has 0 radical (unpaired) electrons. The van der Waals surface area contributed by atoms with Crippen LogP contribution in [0.2, 0.25) is 0 Å². The van der Waals surface area contributed by atoms with Crippen molar-refractivity contribution in [2.75, 3.05) is 19.8 Å². The molecule has 2 N–H and O–H groups in total. The summed E-state index contributed by atoms with van der Waals surface area (Å²) in [5.74, 6) is -1.39. The predicted molar refractivity (Wildman–Crippen MR) is 121 cm³/mol. The number of ether oxygens (including phenoxy) is 2. The number of primary amides is 1. The Labute approximate surface area is 191 Å². The van der Waals surface area contributed by atoms with Gasteiger partial charge in [0.25, 0.3) is 5.91 Å². The Morgan fingerprint density at radius 2 is 1.70 bits per heavy atom. The van der Waals surface area contributed by atoms with Crippen molar-refractivity contribution < 1.29 is 23.9 Å². The van der Waals surface area contributed by atoms with Gasteiger partial charge in [-0.05, 0) is 24.6 Å². The number of nitrogens with two attached hydrogens (primary N) is 1. The summed E-state index contributed by atoms with van der Waals surface area (Å²) < 4.78 is 12.3. The molecule has 2 amide bonds. The van der Waals surface area contributed by atoms with Crippen LogP contribution in [-0.2, 0) is 20.9 Å². The molecule has 0 saturated carbocycles. The van der Waals surface area contributed by atoms with Crippen molar-refractivity contribution in [3.63, 3.8) is 0 Å². The Kier molecular flexibility index (Phi) is 8.18. The van der Waals surface area contributed by atoms with Crippen molar-refractivity contribution in [2.24, 2.45) is 5.73 Å². The second-order valence-corrected chi connectivity index (χ2v) is 7.15. The van der Waals surface area contributed by atoms with Crippen LogP contribution in [0.4, 0.5) is 0 Å². The van der Waals surface area contributed by atoms with Crippen LogP contribution in [0.1, 0.15) is 29.4 Å². The summed E-state index contributed by atoms with van der Waals surface area (Å²) in [6.45, 7) is 1.97. The number of hydrogen-bond acceptors (Lipinski definition) is 6. The molecule has 0 aliphatic carbocycles. The Hall–Kier alpha value is -4.14. The Balaban J connectivity index is 1.77. The molecule has 1 heterocycles. The molecule has 3 aromatic rings. The topological polar surface area (TPSA) is 117 Å². The summed E-state index contributed by atoms with van der Waals surface area (Å²) in [6, 6.07) is 18.6. The fourth-order valence-electron chi connectivity index (χ4n) is 3.09. The Morgan fingerprint density at radius 1 is 1.03 bits per heavy atom. The number of esters is 1. The van der Waals surface area contributed by atoms with Gasteiger partial charge in [-0.3, -0.25) is 9.59 Å². The van der Waals surface area contributed by atoms with E-state index in [-0.39, 0.29) is 43.5 Å². The zero-order valence-electron chi connectivity index (χ0n) is 18.3. The molecular formula is C24H26N4O5. The number of rotatable bonds is 11. The molecule has 9 nitrogen and oxygen atoms in total. The molecule has 0 spiro atoms. The maximum absolute atomic E-state index is 12.9. The molecule has 0 atom stereocenters. The molecule has 2 aromatic carbocycles. The number of amides is 2. The molecule has 0 saturated heterocycles. The van der Waals surface area contributed by atoms with Gasteiger partial charge < -0.3 is 20.1 Å². The normalized spacial score (nSPS) is 10.5. The first-order valence-electron chi connectivity index (χ1n) is 10.5. The van der Waals surface area contributed by atoms with Gasteiger partial charge in [-0.1, -0.05) is 48.5 Å². The van der Waals surface area contributed by atoms with E-state index in [0.717, 1.165) is 11.3 Å². The van der Waals surface area contributed by atoms with Gasteiger partial charge in [-0.15, -0.1) is 0 Å². The van der Waals surface area contributed by atoms with Gasteiger partial charge in [0.15, 0.2) is 12.4 Å². The second-order valence-electron chi connectivity index (χ2n) is 7.15. The summed E-state index contributed by atoms with van der Waals surface area (Å²) in [4.78, 5) is 38.1. The third kappa shape index (κ3) is 6.67. The molecule has 1 aromatic heterocycles. The van der Waals surface area contributed by atoms with Crippen LogP contribution in [0.3, 0.4) is 0 Å². The van der Waals surface area contributed by atoms with Gasteiger partial charge in [-0.2, -0.15) is 5.10 Å². The predicted octanol–water partition coefficient (Wildman–Crippen LogP) is 2.33. The fraction of sp³-hybridized carbons (Fsp3) is 0.250. The van der Waals surface area contributed by atoms with Crippen molar-refractivity contribution in [3.05, 3.63) is 78.1 Å². The zero-order chi connectivity index (χ0) is 23.6. The summed E-state index contributed by atoms with van der Waals surface area (Å²) in [5.41, 5.74) is 6.86. The van der Waals surface area contributed by atoms with Crippen LogP contribution in [0.15, 0.2) is 66.9 Å². The molecule has 0 aliphatic rings. The summed E-state index contributed by atoms with van der Waals surface area (Å²) in [7, 11) is 0. The van der Waals surface area contributed by atoms with Crippen LogP contribution < -0.4 is 10.5 Å². The van der Waals surface area contributed by atoms with Crippen LogP contribution in [0.5, 0.6) is 5.75 Å². The monoisotopic (exact) mass is 450 g/mol. The average molecular weight is 450 g/mol. The Bertz CT molecular complexity index is 1080. The van der Waals surface area contributed by atoms with Crippen LogP contribution in [-0.4, -0.2) is 52.2 Å². The summed E-state index contributed by atoms with van der Waals surface area (Å²) in [6.07, 6.45) is 1.55. The lowest BCUT2D eigenvalue weighted by Crippen LogP contribution is -2.36. The molecule has 3 rings (SSSR count). The smallest absolute Gasteiger partial charge is 0.362 e. The van der Waals surface area contributed by atoms with E-state index >= 15 is 0 Å². The van der Waals surface area contributed by atoms with Crippen LogP contribution in [0.25, 0.3) is 5.69 Å². The van der Waals surface area contributed by atoms with Gasteiger partial charge in [0.05, 0.1) is 18.5 Å². The highest BCUT2D eigenvalue weighted by molar-refractivity contribution is 5.90. The SMILES string of the molecule is CCOC(=O)c1nn(-c2ccccc2)cc1OCC(=O)N(CCC(N)=O)Cc1ccccc1. The number of carbonyl (C=O) groups excluding carboxylic acids is 3. The molecular weight excluding hydrogens is 424 g/mol. The van der Waals surface area contributed by atoms with Gasteiger partial charge >= 0.3 is 5.97 Å². The van der Waals surface area contributed by atoms with E-state index in [1.165, 1.54) is 15.8 Å². The first-order valence-corrected chi connectivity index (χ1v) is 10.5. The molecule has 172 valence electrons. The van der Waals surface area contributed by atoms with Crippen molar-refractivity contribution in [3.8, 4) is 11.4 Å². The van der Waals surface area contributed by atoms with Crippen molar-refractivity contribution in [2.45, 2.75) is 19.9 Å². The van der Waals surface area contributed by atoms with Crippen molar-refractivity contribution >= 4 is 17.8 Å². The first-order chi connectivity index (χ1) is 16.0. The lowest BCUT2D eigenvalue weighted by Gasteiger charge is -2.22. The molecule has 0 aliphatic heterocycles. The minimum absolute atomic E-state index is 0.0264. The molecule has 0 fully saturated rings.